The Morgan fingerprint density at radius 1 is 0.567 bits per heavy atom. The average molecular weight is 410 g/mol. The van der Waals surface area contributed by atoms with Crippen molar-refractivity contribution < 1.29 is 17.6 Å². The molecule has 0 aliphatic carbocycles. The monoisotopic (exact) mass is 410 g/mol. The van der Waals surface area contributed by atoms with Crippen molar-refractivity contribution >= 4 is 23.3 Å². The Balaban J connectivity index is 2.02. The standard InChI is InChI=1S/C26H22F4/c1-4-18-15-21(25(29)23(27)19-9-5-16(2)6-10-19)13-14-22(18)26(30)24(28)20-11-7-17(3)8-12-20/h5-15H,4H2,1-3H3/b25-23+,26-24+. The van der Waals surface area contributed by atoms with Crippen LogP contribution in [-0.2, 0) is 6.42 Å². The van der Waals surface area contributed by atoms with Gasteiger partial charge in [-0.3, -0.25) is 0 Å². The van der Waals surface area contributed by atoms with Crippen molar-refractivity contribution in [3.05, 3.63) is 106 Å². The first kappa shape index (κ1) is 21.6. The molecule has 0 aromatic heterocycles. The Morgan fingerprint density at radius 3 is 1.43 bits per heavy atom. The van der Waals surface area contributed by atoms with E-state index in [0.29, 0.717) is 12.0 Å². The van der Waals surface area contributed by atoms with Crippen molar-refractivity contribution in [3.63, 3.8) is 0 Å². The first-order chi connectivity index (χ1) is 14.3. The van der Waals surface area contributed by atoms with Gasteiger partial charge in [-0.2, -0.15) is 0 Å². The SMILES string of the molecule is CCc1cc(/C(F)=C(\F)c2ccc(C)cc2)ccc1/C(F)=C(\F)c1ccc(C)cc1. The number of benzene rings is 3. The maximum absolute atomic E-state index is 14.9. The van der Waals surface area contributed by atoms with Gasteiger partial charge in [0.25, 0.3) is 0 Å². The van der Waals surface area contributed by atoms with Crippen LogP contribution >= 0.6 is 0 Å². The summed E-state index contributed by atoms with van der Waals surface area (Å²) in [4.78, 5) is 0. The molecule has 0 unspecified atom stereocenters. The molecule has 3 aromatic carbocycles. The van der Waals surface area contributed by atoms with E-state index >= 15 is 0 Å². The zero-order chi connectivity index (χ0) is 21.8. The van der Waals surface area contributed by atoms with Crippen LogP contribution in [0, 0.1) is 13.8 Å². The van der Waals surface area contributed by atoms with Crippen molar-refractivity contribution in [2.45, 2.75) is 27.2 Å². The summed E-state index contributed by atoms with van der Waals surface area (Å²) in [5.74, 6) is -4.04. The first-order valence-corrected chi connectivity index (χ1v) is 9.70. The van der Waals surface area contributed by atoms with E-state index in [4.69, 9.17) is 0 Å². The highest BCUT2D eigenvalue weighted by Gasteiger charge is 2.17. The summed E-state index contributed by atoms with van der Waals surface area (Å²) >= 11 is 0. The minimum absolute atomic E-state index is 0.0165. The molecular formula is C26H22F4. The Morgan fingerprint density at radius 2 is 0.967 bits per heavy atom. The Kier molecular flexibility index (Phi) is 6.56. The van der Waals surface area contributed by atoms with Crippen molar-refractivity contribution in [1.29, 1.82) is 0 Å². The number of hydrogen-bond donors (Lipinski definition) is 0. The molecule has 0 aliphatic rings. The smallest absolute Gasteiger partial charge is 0.166 e. The van der Waals surface area contributed by atoms with E-state index in [9.17, 15) is 17.6 Å². The van der Waals surface area contributed by atoms with E-state index in [1.165, 1.54) is 42.5 Å². The predicted molar refractivity (Wildman–Crippen MR) is 116 cm³/mol. The van der Waals surface area contributed by atoms with E-state index < -0.39 is 23.3 Å². The first-order valence-electron chi connectivity index (χ1n) is 9.70. The summed E-state index contributed by atoms with van der Waals surface area (Å²) in [5, 5.41) is 0. The summed E-state index contributed by atoms with van der Waals surface area (Å²) < 4.78 is 58.9. The summed E-state index contributed by atoms with van der Waals surface area (Å²) in [7, 11) is 0. The van der Waals surface area contributed by atoms with E-state index in [1.54, 1.807) is 31.2 Å². The second-order valence-corrected chi connectivity index (χ2v) is 7.21. The highest BCUT2D eigenvalue weighted by atomic mass is 19.2. The van der Waals surface area contributed by atoms with Crippen LogP contribution in [0.2, 0.25) is 0 Å². The highest BCUT2D eigenvalue weighted by Crippen LogP contribution is 2.34. The van der Waals surface area contributed by atoms with Crippen LogP contribution in [0.3, 0.4) is 0 Å². The van der Waals surface area contributed by atoms with Crippen LogP contribution in [0.5, 0.6) is 0 Å². The molecular weight excluding hydrogens is 388 g/mol. The van der Waals surface area contributed by atoms with Gasteiger partial charge in [0.15, 0.2) is 23.3 Å². The van der Waals surface area contributed by atoms with Gasteiger partial charge in [0.2, 0.25) is 0 Å². The maximum atomic E-state index is 14.9. The molecule has 0 radical (unpaired) electrons. The maximum Gasteiger partial charge on any atom is 0.166 e. The van der Waals surface area contributed by atoms with Crippen molar-refractivity contribution in [2.24, 2.45) is 0 Å². The van der Waals surface area contributed by atoms with Gasteiger partial charge in [0.1, 0.15) is 0 Å². The molecule has 0 nitrogen and oxygen atoms in total. The summed E-state index contributed by atoms with van der Waals surface area (Å²) in [6.07, 6.45) is 0.331. The fourth-order valence-electron chi connectivity index (χ4n) is 3.14. The molecule has 0 fully saturated rings. The van der Waals surface area contributed by atoms with E-state index in [1.807, 2.05) is 13.8 Å². The number of aryl methyl sites for hydroxylation is 3. The molecule has 154 valence electrons. The van der Waals surface area contributed by atoms with Crippen molar-refractivity contribution in [3.8, 4) is 0 Å². The Hall–Kier alpha value is -3.14. The lowest BCUT2D eigenvalue weighted by molar-refractivity contribution is 0.696. The van der Waals surface area contributed by atoms with Crippen molar-refractivity contribution in [1.82, 2.24) is 0 Å². The van der Waals surface area contributed by atoms with Gasteiger partial charge in [-0.25, -0.2) is 17.6 Å². The molecule has 0 aliphatic heterocycles. The molecule has 0 amide bonds. The molecule has 0 atom stereocenters. The highest BCUT2D eigenvalue weighted by molar-refractivity contribution is 5.87. The molecule has 0 N–H and O–H groups in total. The van der Waals surface area contributed by atoms with Crippen LogP contribution < -0.4 is 0 Å². The number of hydrogen-bond acceptors (Lipinski definition) is 0. The third-order valence-electron chi connectivity index (χ3n) is 4.97. The fourth-order valence-corrected chi connectivity index (χ4v) is 3.14. The van der Waals surface area contributed by atoms with Crippen LogP contribution in [0.4, 0.5) is 17.6 Å². The van der Waals surface area contributed by atoms with Gasteiger partial charge in [-0.05, 0) is 31.9 Å². The lowest BCUT2D eigenvalue weighted by Gasteiger charge is -2.10. The number of rotatable bonds is 5. The normalized spacial score (nSPS) is 13.0. The summed E-state index contributed by atoms with van der Waals surface area (Å²) in [6.45, 7) is 5.46. The van der Waals surface area contributed by atoms with Crippen LogP contribution in [-0.4, -0.2) is 0 Å². The van der Waals surface area contributed by atoms with Crippen LogP contribution in [0.15, 0.2) is 66.7 Å². The van der Waals surface area contributed by atoms with Gasteiger partial charge in [-0.15, -0.1) is 0 Å². The fraction of sp³-hybridized carbons (Fsp3) is 0.154. The largest absolute Gasteiger partial charge is 0.203 e. The second-order valence-electron chi connectivity index (χ2n) is 7.21. The summed E-state index contributed by atoms with van der Waals surface area (Å²) in [5.41, 5.74) is 2.52. The number of halogens is 4. The summed E-state index contributed by atoms with van der Waals surface area (Å²) in [6, 6.07) is 16.7. The minimum Gasteiger partial charge on any atom is -0.203 e. The second kappa shape index (κ2) is 9.12. The topological polar surface area (TPSA) is 0 Å². The van der Waals surface area contributed by atoms with E-state index in [-0.39, 0.29) is 22.3 Å². The lowest BCUT2D eigenvalue weighted by atomic mass is 9.98. The van der Waals surface area contributed by atoms with Crippen molar-refractivity contribution in [2.75, 3.05) is 0 Å². The third-order valence-corrected chi connectivity index (χ3v) is 4.97. The minimum atomic E-state index is -1.04. The van der Waals surface area contributed by atoms with Gasteiger partial charge in [-0.1, -0.05) is 78.7 Å². The zero-order valence-electron chi connectivity index (χ0n) is 17.1. The van der Waals surface area contributed by atoms with Crippen LogP contribution in [0.25, 0.3) is 23.3 Å². The molecule has 4 heteroatoms. The van der Waals surface area contributed by atoms with Gasteiger partial charge >= 0.3 is 0 Å². The van der Waals surface area contributed by atoms with Gasteiger partial charge in [0.05, 0.1) is 0 Å². The zero-order valence-corrected chi connectivity index (χ0v) is 17.1. The molecule has 3 rings (SSSR count). The van der Waals surface area contributed by atoms with Gasteiger partial charge in [0, 0.05) is 22.3 Å². The van der Waals surface area contributed by atoms with Gasteiger partial charge < -0.3 is 0 Å². The molecule has 30 heavy (non-hydrogen) atoms. The Bertz CT molecular complexity index is 1100. The Labute approximate surface area is 174 Å². The quantitative estimate of drug-likeness (QED) is 0.293. The molecule has 0 saturated carbocycles. The van der Waals surface area contributed by atoms with E-state index in [2.05, 4.69) is 0 Å². The van der Waals surface area contributed by atoms with Crippen LogP contribution in [0.1, 0.15) is 45.9 Å². The van der Waals surface area contributed by atoms with E-state index in [0.717, 1.165) is 11.1 Å². The average Bonchev–Trinajstić information content (AvgIpc) is 2.77. The molecule has 0 bridgehead atoms. The molecule has 0 heterocycles. The molecule has 0 spiro atoms. The third kappa shape index (κ3) is 4.54. The lowest BCUT2D eigenvalue weighted by Crippen LogP contribution is -1.94. The molecule has 3 aromatic rings. The predicted octanol–water partition coefficient (Wildman–Crippen LogP) is 8.40. The molecule has 0 saturated heterocycles.